The van der Waals surface area contributed by atoms with Crippen LogP contribution < -0.4 is 10.2 Å². The lowest BCUT2D eigenvalue weighted by atomic mass is 10.1. The molecule has 2 aliphatic heterocycles. The molecule has 4 unspecified atom stereocenters. The lowest BCUT2D eigenvalue weighted by Gasteiger charge is -2.21. The van der Waals surface area contributed by atoms with Crippen LogP contribution in [0.1, 0.15) is 24.2 Å². The molecule has 2 saturated carbocycles. The van der Waals surface area contributed by atoms with E-state index in [-0.39, 0.29) is 5.41 Å². The summed E-state index contributed by atoms with van der Waals surface area (Å²) in [6.45, 7) is 4.41. The van der Waals surface area contributed by atoms with Crippen molar-refractivity contribution in [1.29, 1.82) is 0 Å². The molecular weight excluding hydrogens is 615 g/mol. The molecule has 4 nitrogen and oxygen atoms in total. The van der Waals surface area contributed by atoms with Crippen molar-refractivity contribution in [1.82, 2.24) is 15.3 Å². The van der Waals surface area contributed by atoms with E-state index in [1.165, 1.54) is 22.1 Å². The minimum Gasteiger partial charge on any atom is -0.370 e. The number of fused-ring (bicyclic) bond motifs is 2. The number of hydrogen-bond acceptors (Lipinski definition) is 4. The van der Waals surface area contributed by atoms with Gasteiger partial charge in [0.05, 0.1) is 5.41 Å². The van der Waals surface area contributed by atoms with E-state index >= 15 is 0 Å². The SMILES string of the molecule is C(#CC12CC1CN(c1ccccc1)C2)c1ccccn1.C(#CC12CNCC1C2)c1ccccn1.Ic1ccccc1. The van der Waals surface area contributed by atoms with Gasteiger partial charge in [-0.25, -0.2) is 9.97 Å². The third-order valence-corrected chi connectivity index (χ3v) is 8.99. The standard InChI is InChI=1S/C18H16N2.C12H12N2.C6H5I/c1-2-7-17(8-3-1)20-13-15-12-18(15,14-20)10-9-16-6-4-5-11-19-16;1-2-6-14-11(3-1)4-5-12-7-10(12)8-13-9-12;7-6-4-2-1-3-5-6/h1-8,11,15H,12-14H2;1-3,6,10,13H,7-9H2;1-5H. The summed E-state index contributed by atoms with van der Waals surface area (Å²) in [7, 11) is 0. The number of aromatic nitrogens is 2. The monoisotopic (exact) mass is 648 g/mol. The number of para-hydroxylation sites is 1. The summed E-state index contributed by atoms with van der Waals surface area (Å²) < 4.78 is 1.29. The molecule has 0 spiro atoms. The van der Waals surface area contributed by atoms with Gasteiger partial charge in [0, 0.05) is 46.7 Å². The fourth-order valence-corrected chi connectivity index (χ4v) is 6.12. The predicted octanol–water partition coefficient (Wildman–Crippen LogP) is 6.29. The molecule has 4 aromatic rings. The van der Waals surface area contributed by atoms with Crippen LogP contribution >= 0.6 is 22.6 Å². The first-order chi connectivity index (χ1) is 20.1. The van der Waals surface area contributed by atoms with Gasteiger partial charge in [0.1, 0.15) is 11.4 Å². The molecule has 4 aliphatic rings. The maximum Gasteiger partial charge on any atom is 0.113 e. The van der Waals surface area contributed by atoms with Gasteiger partial charge in [-0.15, -0.1) is 0 Å². The van der Waals surface area contributed by atoms with Crippen molar-refractivity contribution in [3.8, 4) is 23.7 Å². The minimum absolute atomic E-state index is 0.216. The number of rotatable bonds is 1. The summed E-state index contributed by atoms with van der Waals surface area (Å²) in [4.78, 5) is 10.9. The number of benzene rings is 2. The van der Waals surface area contributed by atoms with E-state index in [1.54, 1.807) is 12.4 Å². The molecule has 4 heterocycles. The number of nitrogens with one attached hydrogen (secondary N) is 1. The Labute approximate surface area is 257 Å². The van der Waals surface area contributed by atoms with Crippen molar-refractivity contribution >= 4 is 28.3 Å². The van der Waals surface area contributed by atoms with Crippen molar-refractivity contribution in [3.05, 3.63) is 124 Å². The van der Waals surface area contributed by atoms with E-state index < -0.39 is 0 Å². The third kappa shape index (κ3) is 6.99. The van der Waals surface area contributed by atoms with E-state index in [1.807, 2.05) is 54.6 Å². The van der Waals surface area contributed by atoms with Gasteiger partial charge >= 0.3 is 0 Å². The Morgan fingerprint density at radius 1 is 0.707 bits per heavy atom. The van der Waals surface area contributed by atoms with Gasteiger partial charge in [-0.3, -0.25) is 0 Å². The molecule has 2 aliphatic carbocycles. The molecular formula is C36H33IN4. The molecule has 2 saturated heterocycles. The highest BCUT2D eigenvalue weighted by molar-refractivity contribution is 14.1. The Hall–Kier alpha value is -3.65. The second-order valence-electron chi connectivity index (χ2n) is 11.2. The quantitative estimate of drug-likeness (QED) is 0.195. The summed E-state index contributed by atoms with van der Waals surface area (Å²) in [5, 5.41) is 3.38. The Kier molecular flexibility index (Phi) is 8.37. The Morgan fingerprint density at radius 2 is 1.29 bits per heavy atom. The maximum atomic E-state index is 4.28. The van der Waals surface area contributed by atoms with E-state index in [0.717, 1.165) is 49.4 Å². The lowest BCUT2D eigenvalue weighted by molar-refractivity contribution is 0.666. The number of pyridine rings is 2. The molecule has 4 atom stereocenters. The van der Waals surface area contributed by atoms with Gasteiger partial charge in [0.2, 0.25) is 0 Å². The molecule has 2 aromatic carbocycles. The molecule has 1 N–H and O–H groups in total. The van der Waals surface area contributed by atoms with Crippen molar-refractivity contribution in [3.63, 3.8) is 0 Å². The molecule has 0 bridgehead atoms. The Morgan fingerprint density at radius 3 is 1.80 bits per heavy atom. The van der Waals surface area contributed by atoms with Crippen LogP contribution in [0.2, 0.25) is 0 Å². The van der Waals surface area contributed by atoms with E-state index in [0.29, 0.717) is 5.41 Å². The van der Waals surface area contributed by atoms with E-state index in [9.17, 15) is 0 Å². The highest BCUT2D eigenvalue weighted by Gasteiger charge is 2.59. The van der Waals surface area contributed by atoms with Gasteiger partial charge in [0.25, 0.3) is 0 Å². The number of anilines is 1. The maximum absolute atomic E-state index is 4.28. The first-order valence-corrected chi connectivity index (χ1v) is 15.3. The highest BCUT2D eigenvalue weighted by Crippen LogP contribution is 2.58. The number of hydrogen-bond donors (Lipinski definition) is 1. The average Bonchev–Trinajstić information content (AvgIpc) is 3.81. The molecule has 204 valence electrons. The van der Waals surface area contributed by atoms with Gasteiger partial charge < -0.3 is 10.2 Å². The van der Waals surface area contributed by atoms with Gasteiger partial charge in [0.15, 0.2) is 0 Å². The van der Waals surface area contributed by atoms with Crippen molar-refractivity contribution < 1.29 is 0 Å². The first kappa shape index (κ1) is 27.5. The summed E-state index contributed by atoms with van der Waals surface area (Å²) in [5.41, 5.74) is 3.61. The molecule has 2 aromatic heterocycles. The zero-order valence-electron chi connectivity index (χ0n) is 23.0. The fraction of sp³-hybridized carbons (Fsp3) is 0.278. The zero-order valence-corrected chi connectivity index (χ0v) is 25.2. The van der Waals surface area contributed by atoms with Crippen LogP contribution in [0.4, 0.5) is 5.69 Å². The zero-order chi connectivity index (χ0) is 28.0. The summed E-state index contributed by atoms with van der Waals surface area (Å²) >= 11 is 2.28. The number of halogens is 1. The smallest absolute Gasteiger partial charge is 0.113 e. The van der Waals surface area contributed by atoms with Crippen LogP contribution in [0.5, 0.6) is 0 Å². The van der Waals surface area contributed by atoms with Gasteiger partial charge in [-0.2, -0.15) is 0 Å². The minimum atomic E-state index is 0.216. The Balaban J connectivity index is 0.000000124. The molecule has 41 heavy (non-hydrogen) atoms. The molecule has 0 radical (unpaired) electrons. The Bertz CT molecular complexity index is 1560. The van der Waals surface area contributed by atoms with E-state index in [2.05, 4.69) is 109 Å². The molecule has 4 fully saturated rings. The van der Waals surface area contributed by atoms with Crippen LogP contribution in [-0.2, 0) is 0 Å². The van der Waals surface area contributed by atoms with Crippen LogP contribution in [0.15, 0.2) is 109 Å². The van der Waals surface area contributed by atoms with Crippen molar-refractivity contribution in [2.24, 2.45) is 22.7 Å². The normalized spacial score (nSPS) is 25.7. The third-order valence-electron chi connectivity index (χ3n) is 8.27. The van der Waals surface area contributed by atoms with Crippen LogP contribution in [0, 0.1) is 49.9 Å². The van der Waals surface area contributed by atoms with E-state index in [4.69, 9.17) is 0 Å². The second-order valence-corrected chi connectivity index (χ2v) is 12.4. The van der Waals surface area contributed by atoms with Crippen LogP contribution in [0.25, 0.3) is 0 Å². The summed E-state index contributed by atoms with van der Waals surface area (Å²) in [6.07, 6.45) is 6.12. The second kappa shape index (κ2) is 12.5. The van der Waals surface area contributed by atoms with Gasteiger partial charge in [-0.05, 0) is 114 Å². The number of piperidine rings is 2. The average molecular weight is 649 g/mol. The lowest BCUT2D eigenvalue weighted by Crippen LogP contribution is -2.23. The van der Waals surface area contributed by atoms with Crippen molar-refractivity contribution in [2.75, 3.05) is 31.1 Å². The topological polar surface area (TPSA) is 41.1 Å². The highest BCUT2D eigenvalue weighted by atomic mass is 127. The molecule has 8 rings (SSSR count). The number of nitrogens with zero attached hydrogens (tertiary/aromatic N) is 3. The van der Waals surface area contributed by atoms with Crippen LogP contribution in [0.3, 0.4) is 0 Å². The molecule has 0 amide bonds. The van der Waals surface area contributed by atoms with Crippen molar-refractivity contribution in [2.45, 2.75) is 12.8 Å². The predicted molar refractivity (Wildman–Crippen MR) is 174 cm³/mol. The first-order valence-electron chi connectivity index (χ1n) is 14.2. The summed E-state index contributed by atoms with van der Waals surface area (Å²) in [5.74, 6) is 14.8. The van der Waals surface area contributed by atoms with Crippen LogP contribution in [-0.4, -0.2) is 36.1 Å². The van der Waals surface area contributed by atoms with Gasteiger partial charge in [-0.1, -0.05) is 60.4 Å². The largest absolute Gasteiger partial charge is 0.370 e. The molecule has 5 heteroatoms. The summed E-state index contributed by atoms with van der Waals surface area (Å²) in [6, 6.07) is 32.6. The fourth-order valence-electron chi connectivity index (χ4n) is 5.71.